The maximum Gasteiger partial charge on any atom is 0.449 e. The highest BCUT2D eigenvalue weighted by atomic mass is 19.4. The molecule has 1 aromatic heterocycles. The van der Waals surface area contributed by atoms with E-state index >= 15 is 0 Å². The van der Waals surface area contributed by atoms with E-state index < -0.39 is 12.0 Å². The van der Waals surface area contributed by atoms with Crippen molar-refractivity contribution < 1.29 is 18.0 Å². The van der Waals surface area contributed by atoms with Gasteiger partial charge in [0.15, 0.2) is 0 Å². The average molecular weight is 379 g/mol. The van der Waals surface area contributed by atoms with Crippen LogP contribution in [0.4, 0.5) is 13.2 Å². The number of amides is 1. The van der Waals surface area contributed by atoms with Gasteiger partial charge in [0, 0.05) is 25.6 Å². The summed E-state index contributed by atoms with van der Waals surface area (Å²) >= 11 is 0. The van der Waals surface area contributed by atoms with E-state index in [9.17, 15) is 18.0 Å². The van der Waals surface area contributed by atoms with E-state index in [0.717, 1.165) is 38.5 Å². The Morgan fingerprint density at radius 1 is 1.07 bits per heavy atom. The molecule has 146 valence electrons. The number of imidazole rings is 1. The van der Waals surface area contributed by atoms with Gasteiger partial charge in [-0.25, -0.2) is 4.98 Å². The normalized spacial score (nSPS) is 19.9. The summed E-state index contributed by atoms with van der Waals surface area (Å²) in [6.45, 7) is 1.59. The highest BCUT2D eigenvalue weighted by Crippen LogP contribution is 2.34. The number of rotatable bonds is 3. The van der Waals surface area contributed by atoms with Crippen molar-refractivity contribution in [3.63, 3.8) is 0 Å². The van der Waals surface area contributed by atoms with E-state index in [2.05, 4.69) is 4.98 Å². The van der Waals surface area contributed by atoms with Crippen LogP contribution in [0.15, 0.2) is 24.3 Å². The second-order valence-electron chi connectivity index (χ2n) is 7.78. The number of nitrogens with zero attached hydrogens (tertiary/aromatic N) is 3. The standard InChI is InChI=1S/C20H24F3N3O/c21-20(22,23)19-24-16-7-3-4-8-17(16)26(19)13-14-9-11-25(12-10-14)18(27)15-5-1-2-6-15/h3-4,7-8,14-15H,1-2,5-6,9-13H2. The lowest BCUT2D eigenvalue weighted by atomic mass is 9.95. The Kier molecular flexibility index (Phi) is 4.86. The Morgan fingerprint density at radius 3 is 2.41 bits per heavy atom. The van der Waals surface area contributed by atoms with E-state index in [1.165, 1.54) is 4.57 Å². The molecule has 2 fully saturated rings. The molecule has 4 rings (SSSR count). The molecule has 1 amide bonds. The quantitative estimate of drug-likeness (QED) is 0.788. The van der Waals surface area contributed by atoms with Gasteiger partial charge in [-0.05, 0) is 43.7 Å². The Balaban J connectivity index is 1.47. The van der Waals surface area contributed by atoms with Crippen LogP contribution in [0.3, 0.4) is 0 Å². The zero-order valence-corrected chi connectivity index (χ0v) is 15.2. The minimum atomic E-state index is -4.47. The molecule has 1 aromatic carbocycles. The lowest BCUT2D eigenvalue weighted by molar-refractivity contribution is -0.147. The van der Waals surface area contributed by atoms with Crippen LogP contribution in [0, 0.1) is 11.8 Å². The number of hydrogen-bond acceptors (Lipinski definition) is 2. The lowest BCUT2D eigenvalue weighted by Crippen LogP contribution is -2.42. The van der Waals surface area contributed by atoms with Gasteiger partial charge < -0.3 is 9.47 Å². The molecule has 0 radical (unpaired) electrons. The zero-order valence-electron chi connectivity index (χ0n) is 15.2. The first-order chi connectivity index (χ1) is 12.9. The molecule has 1 saturated carbocycles. The van der Waals surface area contributed by atoms with Crippen molar-refractivity contribution in [1.29, 1.82) is 0 Å². The van der Waals surface area contributed by atoms with Gasteiger partial charge in [0.2, 0.25) is 11.7 Å². The second kappa shape index (κ2) is 7.17. The molecule has 2 aliphatic rings. The summed E-state index contributed by atoms with van der Waals surface area (Å²) in [5, 5.41) is 0. The minimum Gasteiger partial charge on any atom is -0.342 e. The molecule has 4 nitrogen and oxygen atoms in total. The Morgan fingerprint density at radius 2 is 1.74 bits per heavy atom. The zero-order chi connectivity index (χ0) is 19.0. The van der Waals surface area contributed by atoms with Crippen LogP contribution in [-0.2, 0) is 17.5 Å². The fraction of sp³-hybridized carbons (Fsp3) is 0.600. The predicted molar refractivity (Wildman–Crippen MR) is 96.0 cm³/mol. The van der Waals surface area contributed by atoms with Crippen LogP contribution in [0.25, 0.3) is 11.0 Å². The molecule has 27 heavy (non-hydrogen) atoms. The van der Waals surface area contributed by atoms with Crippen molar-refractivity contribution in [2.45, 2.75) is 51.2 Å². The number of hydrogen-bond donors (Lipinski definition) is 0. The second-order valence-corrected chi connectivity index (χ2v) is 7.78. The van der Waals surface area contributed by atoms with Gasteiger partial charge in [0.05, 0.1) is 11.0 Å². The molecule has 1 aliphatic carbocycles. The van der Waals surface area contributed by atoms with Gasteiger partial charge in [-0.15, -0.1) is 0 Å². The number of halogens is 3. The number of benzene rings is 1. The van der Waals surface area contributed by atoms with Crippen LogP contribution >= 0.6 is 0 Å². The van der Waals surface area contributed by atoms with E-state index in [0.29, 0.717) is 30.7 Å². The molecule has 1 aliphatic heterocycles. The molecule has 0 bridgehead atoms. The van der Waals surface area contributed by atoms with Crippen molar-refractivity contribution in [1.82, 2.24) is 14.5 Å². The number of aromatic nitrogens is 2. The Labute approximate surface area is 156 Å². The monoisotopic (exact) mass is 379 g/mol. The maximum atomic E-state index is 13.4. The van der Waals surface area contributed by atoms with Crippen molar-refractivity contribution in [2.24, 2.45) is 11.8 Å². The van der Waals surface area contributed by atoms with Crippen molar-refractivity contribution in [3.05, 3.63) is 30.1 Å². The number of fused-ring (bicyclic) bond motifs is 1. The van der Waals surface area contributed by atoms with Crippen molar-refractivity contribution in [2.75, 3.05) is 13.1 Å². The molecule has 0 spiro atoms. The molecule has 0 atom stereocenters. The first-order valence-electron chi connectivity index (χ1n) is 9.75. The van der Waals surface area contributed by atoms with Crippen LogP contribution in [0.1, 0.15) is 44.3 Å². The fourth-order valence-corrected chi connectivity index (χ4v) is 4.50. The third kappa shape index (κ3) is 3.69. The van der Waals surface area contributed by atoms with Gasteiger partial charge in [-0.3, -0.25) is 4.79 Å². The molecule has 2 heterocycles. The molecule has 7 heteroatoms. The Hall–Kier alpha value is -2.05. The van der Waals surface area contributed by atoms with E-state index in [1.807, 2.05) is 4.90 Å². The van der Waals surface area contributed by atoms with Gasteiger partial charge in [-0.1, -0.05) is 25.0 Å². The number of piperidine rings is 1. The molecular formula is C20H24F3N3O. The minimum absolute atomic E-state index is 0.122. The summed E-state index contributed by atoms with van der Waals surface area (Å²) < 4.78 is 41.6. The number of alkyl halides is 3. The van der Waals surface area contributed by atoms with Gasteiger partial charge in [-0.2, -0.15) is 13.2 Å². The van der Waals surface area contributed by atoms with Crippen molar-refractivity contribution >= 4 is 16.9 Å². The number of carbonyl (C=O) groups excluding carboxylic acids is 1. The van der Waals surface area contributed by atoms with E-state index in [-0.39, 0.29) is 17.7 Å². The SMILES string of the molecule is O=C(C1CCCC1)N1CCC(Cn2c(C(F)(F)F)nc3ccccc32)CC1. The molecular weight excluding hydrogens is 355 g/mol. The fourth-order valence-electron chi connectivity index (χ4n) is 4.50. The third-order valence-corrected chi connectivity index (χ3v) is 5.98. The van der Waals surface area contributed by atoms with Gasteiger partial charge in [0.1, 0.15) is 0 Å². The number of carbonyl (C=O) groups is 1. The summed E-state index contributed by atoms with van der Waals surface area (Å²) in [5.74, 6) is -0.296. The van der Waals surface area contributed by atoms with Crippen LogP contribution in [-0.4, -0.2) is 33.4 Å². The van der Waals surface area contributed by atoms with Gasteiger partial charge >= 0.3 is 6.18 Å². The maximum absolute atomic E-state index is 13.4. The summed E-state index contributed by atoms with van der Waals surface area (Å²) in [4.78, 5) is 18.3. The molecule has 0 N–H and O–H groups in total. The lowest BCUT2D eigenvalue weighted by Gasteiger charge is -2.34. The summed E-state index contributed by atoms with van der Waals surface area (Å²) in [6, 6.07) is 6.75. The first-order valence-corrected chi connectivity index (χ1v) is 9.75. The molecule has 0 unspecified atom stereocenters. The smallest absolute Gasteiger partial charge is 0.342 e. The third-order valence-electron chi connectivity index (χ3n) is 5.98. The van der Waals surface area contributed by atoms with E-state index in [1.54, 1.807) is 24.3 Å². The first kappa shape index (κ1) is 18.3. The van der Waals surface area contributed by atoms with Crippen LogP contribution in [0.2, 0.25) is 0 Å². The van der Waals surface area contributed by atoms with Crippen molar-refractivity contribution in [3.8, 4) is 0 Å². The highest BCUT2D eigenvalue weighted by Gasteiger charge is 2.38. The predicted octanol–water partition coefficient (Wildman–Crippen LogP) is 4.48. The van der Waals surface area contributed by atoms with Crippen LogP contribution < -0.4 is 0 Å². The van der Waals surface area contributed by atoms with Crippen LogP contribution in [0.5, 0.6) is 0 Å². The largest absolute Gasteiger partial charge is 0.449 e. The summed E-state index contributed by atoms with van der Waals surface area (Å²) in [5.41, 5.74) is 0.896. The molecule has 1 saturated heterocycles. The topological polar surface area (TPSA) is 38.1 Å². The van der Waals surface area contributed by atoms with Gasteiger partial charge in [0.25, 0.3) is 0 Å². The Bertz CT molecular complexity index is 815. The summed E-state index contributed by atoms with van der Waals surface area (Å²) in [6.07, 6.45) is 1.22. The average Bonchev–Trinajstić information content (AvgIpc) is 3.30. The number of para-hydroxylation sites is 2. The van der Waals surface area contributed by atoms with E-state index in [4.69, 9.17) is 0 Å². The highest BCUT2D eigenvalue weighted by molar-refractivity contribution is 5.79. The summed E-state index contributed by atoms with van der Waals surface area (Å²) in [7, 11) is 0. The number of likely N-dealkylation sites (tertiary alicyclic amines) is 1. The molecule has 2 aromatic rings.